The average Bonchev–Trinajstić information content (AvgIpc) is 2.73. The molecule has 0 saturated heterocycles. The second kappa shape index (κ2) is 8.38. The maximum absolute atomic E-state index is 12.8. The van der Waals surface area contributed by atoms with Gasteiger partial charge in [-0.1, -0.05) is 49.8 Å². The Kier molecular flexibility index (Phi) is 5.85. The number of alkyl halides is 3. The largest absolute Gasteiger partial charge is 0.416 e. The zero-order valence-electron chi connectivity index (χ0n) is 17.1. The van der Waals surface area contributed by atoms with Crippen LogP contribution in [0.3, 0.4) is 0 Å². The van der Waals surface area contributed by atoms with Crippen molar-refractivity contribution in [3.8, 4) is 0 Å². The average molecular weight is 399 g/mol. The Hall–Kier alpha value is -2.03. The third-order valence-electron chi connectivity index (χ3n) is 6.65. The first-order valence-electron chi connectivity index (χ1n) is 10.9. The molecule has 2 aliphatic rings. The van der Waals surface area contributed by atoms with Crippen molar-refractivity contribution in [3.05, 3.63) is 81.9 Å². The molecule has 0 heterocycles. The standard InChI is InChI=1S/C26H29F3/c1-2-3-4-5-18-6-14-24-21(16-18)7-8-22-17-20(11-15-25(22)24)19-9-12-23(13-10-19)26(27,28)29/h4-5,7-10,12-13,18,20H,2-3,6,11,14-17H2,1H3/b5-4+/t18-,20-/m0/s1. The first-order valence-corrected chi connectivity index (χ1v) is 10.9. The molecule has 0 unspecified atom stereocenters. The van der Waals surface area contributed by atoms with Gasteiger partial charge in [0.25, 0.3) is 0 Å². The molecule has 154 valence electrons. The van der Waals surface area contributed by atoms with E-state index < -0.39 is 11.7 Å². The number of hydrogen-bond donors (Lipinski definition) is 0. The number of unbranched alkanes of at least 4 members (excludes halogenated alkanes) is 1. The van der Waals surface area contributed by atoms with Crippen molar-refractivity contribution in [1.29, 1.82) is 0 Å². The van der Waals surface area contributed by atoms with Crippen LogP contribution in [0, 0.1) is 5.92 Å². The molecule has 0 fully saturated rings. The van der Waals surface area contributed by atoms with Gasteiger partial charge < -0.3 is 0 Å². The van der Waals surface area contributed by atoms with Gasteiger partial charge in [-0.3, -0.25) is 0 Å². The summed E-state index contributed by atoms with van der Waals surface area (Å²) in [6.45, 7) is 2.21. The highest BCUT2D eigenvalue weighted by Gasteiger charge is 2.31. The lowest BCUT2D eigenvalue weighted by Gasteiger charge is -2.31. The molecule has 0 N–H and O–H groups in total. The van der Waals surface area contributed by atoms with Crippen molar-refractivity contribution in [3.63, 3.8) is 0 Å². The van der Waals surface area contributed by atoms with Crippen LogP contribution >= 0.6 is 0 Å². The summed E-state index contributed by atoms with van der Waals surface area (Å²) < 4.78 is 38.5. The van der Waals surface area contributed by atoms with E-state index in [1.54, 1.807) is 17.7 Å². The lowest BCUT2D eigenvalue weighted by molar-refractivity contribution is -0.137. The van der Waals surface area contributed by atoms with Crippen LogP contribution in [0.2, 0.25) is 0 Å². The molecule has 0 aromatic heterocycles. The predicted molar refractivity (Wildman–Crippen MR) is 112 cm³/mol. The van der Waals surface area contributed by atoms with Gasteiger partial charge in [0.15, 0.2) is 0 Å². The van der Waals surface area contributed by atoms with E-state index in [4.69, 9.17) is 0 Å². The Labute approximate surface area is 171 Å². The molecular formula is C26H29F3. The van der Waals surface area contributed by atoms with Gasteiger partial charge in [-0.05, 0) is 96.7 Å². The predicted octanol–water partition coefficient (Wildman–Crippen LogP) is 7.44. The van der Waals surface area contributed by atoms with Gasteiger partial charge in [0.1, 0.15) is 0 Å². The first-order chi connectivity index (χ1) is 14.0. The normalized spacial score (nSPS) is 21.8. The van der Waals surface area contributed by atoms with Crippen LogP contribution in [0.25, 0.3) is 0 Å². The van der Waals surface area contributed by atoms with Crippen LogP contribution in [0.4, 0.5) is 13.2 Å². The molecule has 0 bridgehead atoms. The van der Waals surface area contributed by atoms with E-state index in [1.807, 2.05) is 0 Å². The van der Waals surface area contributed by atoms with E-state index in [0.717, 1.165) is 37.7 Å². The van der Waals surface area contributed by atoms with Crippen molar-refractivity contribution < 1.29 is 13.2 Å². The number of halogens is 3. The van der Waals surface area contributed by atoms with Crippen molar-refractivity contribution in [1.82, 2.24) is 0 Å². The summed E-state index contributed by atoms with van der Waals surface area (Å²) >= 11 is 0. The van der Waals surface area contributed by atoms with E-state index in [9.17, 15) is 13.2 Å². The maximum atomic E-state index is 12.8. The molecular weight excluding hydrogens is 369 g/mol. The third kappa shape index (κ3) is 4.44. The summed E-state index contributed by atoms with van der Waals surface area (Å²) in [5, 5.41) is 0. The molecule has 2 aromatic rings. The van der Waals surface area contributed by atoms with Crippen molar-refractivity contribution >= 4 is 0 Å². The summed E-state index contributed by atoms with van der Waals surface area (Å²) in [7, 11) is 0. The lowest BCUT2D eigenvalue weighted by Crippen LogP contribution is -2.20. The lowest BCUT2D eigenvalue weighted by atomic mass is 9.73. The number of rotatable bonds is 4. The van der Waals surface area contributed by atoms with Gasteiger partial charge in [0.2, 0.25) is 0 Å². The second-order valence-electron chi connectivity index (χ2n) is 8.62. The molecule has 0 radical (unpaired) electrons. The minimum atomic E-state index is -4.26. The van der Waals surface area contributed by atoms with Gasteiger partial charge in [0.05, 0.1) is 5.56 Å². The van der Waals surface area contributed by atoms with Crippen LogP contribution < -0.4 is 0 Å². The number of fused-ring (bicyclic) bond motifs is 3. The Morgan fingerprint density at radius 1 is 0.897 bits per heavy atom. The monoisotopic (exact) mass is 398 g/mol. The summed E-state index contributed by atoms with van der Waals surface area (Å²) in [6, 6.07) is 10.4. The molecule has 2 atom stereocenters. The molecule has 3 heteroatoms. The molecule has 4 rings (SSSR count). The molecule has 0 spiro atoms. The second-order valence-corrected chi connectivity index (χ2v) is 8.62. The van der Waals surface area contributed by atoms with E-state index in [0.29, 0.717) is 11.8 Å². The summed E-state index contributed by atoms with van der Waals surface area (Å²) in [4.78, 5) is 0. The van der Waals surface area contributed by atoms with Crippen LogP contribution in [0.1, 0.15) is 71.9 Å². The quantitative estimate of drug-likeness (QED) is 0.470. The third-order valence-corrected chi connectivity index (χ3v) is 6.65. The van der Waals surface area contributed by atoms with Gasteiger partial charge in [0, 0.05) is 0 Å². The molecule has 29 heavy (non-hydrogen) atoms. The Morgan fingerprint density at radius 3 is 2.21 bits per heavy atom. The molecule has 0 amide bonds. The molecule has 0 nitrogen and oxygen atoms in total. The van der Waals surface area contributed by atoms with E-state index >= 15 is 0 Å². The van der Waals surface area contributed by atoms with Crippen LogP contribution in [-0.2, 0) is 31.9 Å². The molecule has 0 aliphatic heterocycles. The minimum absolute atomic E-state index is 0.316. The van der Waals surface area contributed by atoms with Gasteiger partial charge in [-0.2, -0.15) is 13.2 Å². The highest BCUT2D eigenvalue weighted by molar-refractivity contribution is 5.46. The fourth-order valence-corrected chi connectivity index (χ4v) is 5.04. The summed E-state index contributed by atoms with van der Waals surface area (Å²) in [6.07, 6.45) is 9.38. The Bertz CT molecular complexity index is 874. The zero-order valence-corrected chi connectivity index (χ0v) is 17.1. The summed E-state index contributed by atoms with van der Waals surface area (Å²) in [5.74, 6) is 0.978. The minimum Gasteiger partial charge on any atom is -0.166 e. The maximum Gasteiger partial charge on any atom is 0.416 e. The topological polar surface area (TPSA) is 0 Å². The highest BCUT2D eigenvalue weighted by Crippen LogP contribution is 2.39. The number of allylic oxidation sites excluding steroid dienone is 2. The van der Waals surface area contributed by atoms with Gasteiger partial charge in [-0.15, -0.1) is 0 Å². The van der Waals surface area contributed by atoms with E-state index in [1.165, 1.54) is 48.1 Å². The Morgan fingerprint density at radius 2 is 1.55 bits per heavy atom. The fourth-order valence-electron chi connectivity index (χ4n) is 5.04. The molecule has 2 aromatic carbocycles. The van der Waals surface area contributed by atoms with Gasteiger partial charge >= 0.3 is 6.18 Å². The fraction of sp³-hybridized carbons (Fsp3) is 0.462. The van der Waals surface area contributed by atoms with Crippen molar-refractivity contribution in [2.45, 2.75) is 70.4 Å². The first kappa shape index (κ1) is 20.3. The van der Waals surface area contributed by atoms with Crippen LogP contribution in [0.5, 0.6) is 0 Å². The van der Waals surface area contributed by atoms with Gasteiger partial charge in [-0.25, -0.2) is 0 Å². The van der Waals surface area contributed by atoms with Crippen molar-refractivity contribution in [2.24, 2.45) is 5.92 Å². The van der Waals surface area contributed by atoms with Crippen molar-refractivity contribution in [2.75, 3.05) is 0 Å². The number of hydrogen-bond acceptors (Lipinski definition) is 0. The molecule has 0 saturated carbocycles. The molecule has 2 aliphatic carbocycles. The van der Waals surface area contributed by atoms with E-state index in [-0.39, 0.29) is 0 Å². The number of benzene rings is 2. The smallest absolute Gasteiger partial charge is 0.166 e. The SMILES string of the molecule is CCC/C=C/[C@H]1CCc2c(ccc3c2CC[C@H](c2ccc(C(F)(F)F)cc2)C3)C1. The van der Waals surface area contributed by atoms with Crippen LogP contribution in [-0.4, -0.2) is 0 Å². The summed E-state index contributed by atoms with van der Waals surface area (Å²) in [5.41, 5.74) is 6.47. The van der Waals surface area contributed by atoms with Crippen LogP contribution in [0.15, 0.2) is 48.6 Å². The highest BCUT2D eigenvalue weighted by atomic mass is 19.4. The zero-order chi connectivity index (χ0) is 20.4. The van der Waals surface area contributed by atoms with E-state index in [2.05, 4.69) is 31.2 Å². The Balaban J connectivity index is 1.49.